The van der Waals surface area contributed by atoms with Crippen LogP contribution in [0.3, 0.4) is 0 Å². The Kier molecular flexibility index (Phi) is 3.84. The molecule has 0 bridgehead atoms. The van der Waals surface area contributed by atoms with Crippen molar-refractivity contribution in [1.29, 1.82) is 0 Å². The average molecular weight is 297 g/mol. The molecule has 3 rings (SSSR count). The van der Waals surface area contributed by atoms with Gasteiger partial charge in [0.25, 0.3) is 5.56 Å². The monoisotopic (exact) mass is 297 g/mol. The zero-order valence-corrected chi connectivity index (χ0v) is 12.6. The van der Waals surface area contributed by atoms with Gasteiger partial charge in [-0.1, -0.05) is 37.1 Å². The van der Waals surface area contributed by atoms with E-state index in [1.807, 2.05) is 12.1 Å². The summed E-state index contributed by atoms with van der Waals surface area (Å²) in [5, 5.41) is 8.97. The number of benzene rings is 1. The fourth-order valence-electron chi connectivity index (χ4n) is 3.29. The number of hydrogen-bond acceptors (Lipinski definition) is 2. The summed E-state index contributed by atoms with van der Waals surface area (Å²) in [4.78, 5) is 23.0. The highest BCUT2D eigenvalue weighted by molar-refractivity contribution is 5.72. The molecule has 1 heterocycles. The number of carbonyl (C=O) groups is 1. The molecule has 0 saturated heterocycles. The maximum absolute atomic E-state index is 12.1. The van der Waals surface area contributed by atoms with Crippen LogP contribution in [0.1, 0.15) is 42.7 Å². The van der Waals surface area contributed by atoms with Crippen molar-refractivity contribution in [2.24, 2.45) is 0 Å². The lowest BCUT2D eigenvalue weighted by Crippen LogP contribution is -2.27. The van der Waals surface area contributed by atoms with Gasteiger partial charge in [-0.05, 0) is 48.4 Å². The van der Waals surface area contributed by atoms with E-state index in [2.05, 4.69) is 12.1 Å². The van der Waals surface area contributed by atoms with E-state index in [1.165, 1.54) is 37.4 Å². The zero-order chi connectivity index (χ0) is 15.7. The van der Waals surface area contributed by atoms with Crippen molar-refractivity contribution in [1.82, 2.24) is 4.57 Å². The highest BCUT2D eigenvalue weighted by atomic mass is 16.4. The van der Waals surface area contributed by atoms with Gasteiger partial charge < -0.3 is 5.11 Å². The SMILES string of the molecule is Cc1c(-c2ccc(C3CCCC3)cc2)ccn(C(=O)O)c1=O. The predicted molar refractivity (Wildman–Crippen MR) is 85.5 cm³/mol. The molecule has 1 aliphatic carbocycles. The first-order chi connectivity index (χ1) is 10.6. The molecule has 1 aliphatic rings. The second-order valence-corrected chi connectivity index (χ2v) is 5.92. The first kappa shape index (κ1) is 14.6. The first-order valence-electron chi connectivity index (χ1n) is 7.64. The smallest absolute Gasteiger partial charge is 0.418 e. The van der Waals surface area contributed by atoms with Crippen LogP contribution >= 0.6 is 0 Å². The van der Waals surface area contributed by atoms with Gasteiger partial charge in [-0.25, -0.2) is 9.36 Å². The van der Waals surface area contributed by atoms with Gasteiger partial charge in [-0.3, -0.25) is 4.79 Å². The molecule has 114 valence electrons. The van der Waals surface area contributed by atoms with E-state index in [1.54, 1.807) is 13.0 Å². The van der Waals surface area contributed by atoms with Gasteiger partial charge in [0, 0.05) is 11.8 Å². The average Bonchev–Trinajstić information content (AvgIpc) is 3.04. The molecule has 1 saturated carbocycles. The normalized spacial score (nSPS) is 15.1. The number of aromatic nitrogens is 1. The Morgan fingerprint density at radius 2 is 1.77 bits per heavy atom. The minimum absolute atomic E-state index is 0.457. The second kappa shape index (κ2) is 5.79. The highest BCUT2D eigenvalue weighted by Gasteiger charge is 2.17. The molecule has 1 aromatic heterocycles. The van der Waals surface area contributed by atoms with Crippen LogP contribution in [-0.4, -0.2) is 15.8 Å². The quantitative estimate of drug-likeness (QED) is 0.911. The lowest BCUT2D eigenvalue weighted by Gasteiger charge is -2.12. The Labute approximate surface area is 129 Å². The molecule has 0 aliphatic heterocycles. The third-order valence-corrected chi connectivity index (χ3v) is 4.59. The first-order valence-corrected chi connectivity index (χ1v) is 7.64. The van der Waals surface area contributed by atoms with Gasteiger partial charge in [0.2, 0.25) is 0 Å². The van der Waals surface area contributed by atoms with Crippen molar-refractivity contribution in [3.63, 3.8) is 0 Å². The van der Waals surface area contributed by atoms with Crippen molar-refractivity contribution in [2.45, 2.75) is 38.5 Å². The molecule has 0 atom stereocenters. The second-order valence-electron chi connectivity index (χ2n) is 5.92. The molecule has 1 aromatic carbocycles. The van der Waals surface area contributed by atoms with E-state index in [9.17, 15) is 9.59 Å². The summed E-state index contributed by atoms with van der Waals surface area (Å²) in [5.41, 5.74) is 3.08. The molecule has 0 amide bonds. The summed E-state index contributed by atoms with van der Waals surface area (Å²) >= 11 is 0. The van der Waals surface area contributed by atoms with Crippen LogP contribution in [0.5, 0.6) is 0 Å². The third kappa shape index (κ3) is 2.56. The minimum Gasteiger partial charge on any atom is -0.464 e. The van der Waals surface area contributed by atoms with Crippen molar-refractivity contribution >= 4 is 6.09 Å². The van der Waals surface area contributed by atoms with Crippen LogP contribution in [0.25, 0.3) is 11.1 Å². The van der Waals surface area contributed by atoms with Crippen LogP contribution in [0, 0.1) is 6.92 Å². The predicted octanol–water partition coefficient (Wildman–Crippen LogP) is 4.01. The van der Waals surface area contributed by atoms with Gasteiger partial charge >= 0.3 is 6.09 Å². The summed E-state index contributed by atoms with van der Waals surface area (Å²) in [6.07, 6.45) is 5.19. The molecule has 22 heavy (non-hydrogen) atoms. The Morgan fingerprint density at radius 1 is 1.14 bits per heavy atom. The Bertz CT molecular complexity index is 753. The van der Waals surface area contributed by atoms with E-state index >= 15 is 0 Å². The summed E-state index contributed by atoms with van der Waals surface area (Å²) in [5.74, 6) is 0.662. The van der Waals surface area contributed by atoms with E-state index < -0.39 is 11.7 Å². The standard InChI is InChI=1S/C18H19NO3/c1-12-16(10-11-19(17(12)20)18(21)22)15-8-6-14(7-9-15)13-4-2-3-5-13/h6-11,13H,2-5H2,1H3,(H,21,22). The van der Waals surface area contributed by atoms with Gasteiger partial charge in [-0.2, -0.15) is 0 Å². The highest BCUT2D eigenvalue weighted by Crippen LogP contribution is 2.34. The number of nitrogens with zero attached hydrogens (tertiary/aromatic N) is 1. The van der Waals surface area contributed by atoms with Crippen LogP contribution < -0.4 is 5.56 Å². The number of carboxylic acid groups (broad SMARTS) is 1. The maximum atomic E-state index is 12.1. The number of hydrogen-bond donors (Lipinski definition) is 1. The topological polar surface area (TPSA) is 59.3 Å². The van der Waals surface area contributed by atoms with Crippen LogP contribution in [0.2, 0.25) is 0 Å². The van der Waals surface area contributed by atoms with Crippen LogP contribution in [-0.2, 0) is 0 Å². The van der Waals surface area contributed by atoms with Gasteiger partial charge in [-0.15, -0.1) is 0 Å². The fraction of sp³-hybridized carbons (Fsp3) is 0.333. The van der Waals surface area contributed by atoms with Gasteiger partial charge in [0.1, 0.15) is 0 Å². The summed E-state index contributed by atoms with van der Waals surface area (Å²) in [6.45, 7) is 1.67. The van der Waals surface area contributed by atoms with E-state index in [0.29, 0.717) is 16.0 Å². The number of pyridine rings is 1. The molecule has 0 spiro atoms. The van der Waals surface area contributed by atoms with Gasteiger partial charge in [0.15, 0.2) is 0 Å². The van der Waals surface area contributed by atoms with E-state index in [-0.39, 0.29) is 0 Å². The van der Waals surface area contributed by atoms with Crippen molar-refractivity contribution < 1.29 is 9.90 Å². The van der Waals surface area contributed by atoms with E-state index in [0.717, 1.165) is 11.1 Å². The molecule has 4 heteroatoms. The molecule has 0 unspecified atom stereocenters. The molecule has 1 N–H and O–H groups in total. The zero-order valence-electron chi connectivity index (χ0n) is 12.6. The van der Waals surface area contributed by atoms with Crippen LogP contribution in [0.15, 0.2) is 41.3 Å². The van der Waals surface area contributed by atoms with Crippen molar-refractivity contribution in [3.8, 4) is 11.1 Å². The molecule has 1 fully saturated rings. The lowest BCUT2D eigenvalue weighted by molar-refractivity contribution is 0.195. The number of rotatable bonds is 2. The summed E-state index contributed by atoms with van der Waals surface area (Å²) in [6, 6.07) is 10.0. The van der Waals surface area contributed by atoms with Crippen molar-refractivity contribution in [3.05, 3.63) is 58.0 Å². The van der Waals surface area contributed by atoms with Crippen molar-refractivity contribution in [2.75, 3.05) is 0 Å². The molecule has 4 nitrogen and oxygen atoms in total. The third-order valence-electron chi connectivity index (χ3n) is 4.59. The molecular weight excluding hydrogens is 278 g/mol. The summed E-state index contributed by atoms with van der Waals surface area (Å²) in [7, 11) is 0. The van der Waals surface area contributed by atoms with Crippen LogP contribution in [0.4, 0.5) is 4.79 Å². The maximum Gasteiger partial charge on any atom is 0.418 e. The lowest BCUT2D eigenvalue weighted by atomic mass is 9.94. The summed E-state index contributed by atoms with van der Waals surface area (Å²) < 4.78 is 0.714. The molecule has 2 aromatic rings. The largest absolute Gasteiger partial charge is 0.464 e. The Balaban J connectivity index is 1.96. The van der Waals surface area contributed by atoms with E-state index in [4.69, 9.17) is 5.11 Å². The fourth-order valence-corrected chi connectivity index (χ4v) is 3.29. The Morgan fingerprint density at radius 3 is 2.36 bits per heavy atom. The molecular formula is C18H19NO3. The van der Waals surface area contributed by atoms with Gasteiger partial charge in [0.05, 0.1) is 0 Å². The Hall–Kier alpha value is -2.36. The molecule has 0 radical (unpaired) electrons. The minimum atomic E-state index is -1.25.